The van der Waals surface area contributed by atoms with Crippen LogP contribution in [0, 0.1) is 11.3 Å². The number of nitrogens with zero attached hydrogens (tertiary/aromatic N) is 3. The van der Waals surface area contributed by atoms with Gasteiger partial charge in [0.2, 0.25) is 5.91 Å². The number of fused-ring (bicyclic) bond motifs is 1. The maximum Gasteiger partial charge on any atom is 0.247 e. The van der Waals surface area contributed by atoms with E-state index in [9.17, 15) is 4.79 Å². The molecular weight excluding hydrogens is 324 g/mol. The summed E-state index contributed by atoms with van der Waals surface area (Å²) in [5.41, 5.74) is 3.43. The quantitative estimate of drug-likeness (QED) is 0.736. The molecule has 0 saturated carbocycles. The number of amides is 1. The Kier molecular flexibility index (Phi) is 4.24. The number of hydrogen-bond acceptors (Lipinski definition) is 3. The van der Waals surface area contributed by atoms with Gasteiger partial charge in [0.05, 0.1) is 28.7 Å². The average Bonchev–Trinajstić information content (AvgIpc) is 3.32. The molecule has 0 bridgehead atoms. The second-order valence-corrected chi connectivity index (χ2v) is 6.40. The number of aromatic amines is 1. The van der Waals surface area contributed by atoms with Gasteiger partial charge in [-0.1, -0.05) is 24.3 Å². The zero-order chi connectivity index (χ0) is 17.9. The number of carbonyl (C=O) groups excluding carboxylic acids is 1. The molecule has 3 aromatic rings. The third kappa shape index (κ3) is 3.09. The Labute approximate surface area is 151 Å². The predicted octanol–water partition coefficient (Wildman–Crippen LogP) is 3.81. The Morgan fingerprint density at radius 3 is 2.81 bits per heavy atom. The highest BCUT2D eigenvalue weighted by Crippen LogP contribution is 2.31. The van der Waals surface area contributed by atoms with E-state index in [1.54, 1.807) is 24.3 Å². The summed E-state index contributed by atoms with van der Waals surface area (Å²) in [5, 5.41) is 8.84. The highest BCUT2D eigenvalue weighted by atomic mass is 16.2. The molecule has 0 radical (unpaired) electrons. The maximum absolute atomic E-state index is 12.7. The van der Waals surface area contributed by atoms with Crippen LogP contribution in [0.15, 0.2) is 54.6 Å². The second kappa shape index (κ2) is 6.85. The molecule has 1 saturated heterocycles. The van der Waals surface area contributed by atoms with Crippen molar-refractivity contribution in [1.29, 1.82) is 5.26 Å². The molecule has 1 atom stereocenters. The molecule has 2 heterocycles. The number of para-hydroxylation sites is 2. The minimum Gasteiger partial charge on any atom is -0.340 e. The van der Waals surface area contributed by atoms with Gasteiger partial charge in [0.25, 0.3) is 0 Å². The van der Waals surface area contributed by atoms with Crippen LogP contribution in [-0.4, -0.2) is 27.3 Å². The molecule has 1 unspecified atom stereocenters. The van der Waals surface area contributed by atoms with E-state index in [2.05, 4.69) is 16.0 Å². The third-order valence-electron chi connectivity index (χ3n) is 4.72. The fourth-order valence-electron chi connectivity index (χ4n) is 3.38. The summed E-state index contributed by atoms with van der Waals surface area (Å²) in [6.45, 7) is 0.734. The summed E-state index contributed by atoms with van der Waals surface area (Å²) >= 11 is 0. The fraction of sp³-hybridized carbons (Fsp3) is 0.190. The molecule has 1 N–H and O–H groups in total. The summed E-state index contributed by atoms with van der Waals surface area (Å²) < 4.78 is 0. The lowest BCUT2D eigenvalue weighted by atomic mass is 10.1. The van der Waals surface area contributed by atoms with Crippen molar-refractivity contribution in [2.75, 3.05) is 6.54 Å². The van der Waals surface area contributed by atoms with Crippen LogP contribution in [0.1, 0.15) is 35.8 Å². The Balaban J connectivity index is 1.52. The van der Waals surface area contributed by atoms with E-state index >= 15 is 0 Å². The summed E-state index contributed by atoms with van der Waals surface area (Å²) in [4.78, 5) is 22.6. The van der Waals surface area contributed by atoms with Crippen molar-refractivity contribution in [3.8, 4) is 6.07 Å². The van der Waals surface area contributed by atoms with Gasteiger partial charge in [0.1, 0.15) is 5.82 Å². The van der Waals surface area contributed by atoms with Crippen molar-refractivity contribution < 1.29 is 4.79 Å². The van der Waals surface area contributed by atoms with Crippen LogP contribution in [0.2, 0.25) is 0 Å². The molecule has 1 aromatic heterocycles. The van der Waals surface area contributed by atoms with Gasteiger partial charge in [-0.05, 0) is 48.7 Å². The molecule has 5 heteroatoms. The molecule has 5 nitrogen and oxygen atoms in total. The first kappa shape index (κ1) is 16.1. The van der Waals surface area contributed by atoms with Crippen LogP contribution in [0.3, 0.4) is 0 Å². The molecule has 2 aromatic carbocycles. The first-order valence-corrected chi connectivity index (χ1v) is 8.68. The van der Waals surface area contributed by atoms with Crippen LogP contribution >= 0.6 is 0 Å². The van der Waals surface area contributed by atoms with Crippen LogP contribution in [-0.2, 0) is 4.79 Å². The minimum absolute atomic E-state index is 0.0134. The Bertz CT molecular complexity index is 977. The smallest absolute Gasteiger partial charge is 0.247 e. The summed E-state index contributed by atoms with van der Waals surface area (Å²) in [6, 6.07) is 17.2. The van der Waals surface area contributed by atoms with E-state index in [4.69, 9.17) is 5.26 Å². The van der Waals surface area contributed by atoms with Gasteiger partial charge in [0.15, 0.2) is 0 Å². The number of rotatable bonds is 3. The van der Waals surface area contributed by atoms with Gasteiger partial charge in [-0.15, -0.1) is 0 Å². The summed E-state index contributed by atoms with van der Waals surface area (Å²) in [7, 11) is 0. The second-order valence-electron chi connectivity index (χ2n) is 6.40. The number of imidazole rings is 1. The zero-order valence-corrected chi connectivity index (χ0v) is 14.2. The molecule has 1 aliphatic heterocycles. The molecule has 1 amide bonds. The number of aromatic nitrogens is 2. The number of carbonyl (C=O) groups is 1. The van der Waals surface area contributed by atoms with Crippen molar-refractivity contribution >= 4 is 23.0 Å². The number of nitrogens with one attached hydrogen (secondary N) is 1. The van der Waals surface area contributed by atoms with Crippen molar-refractivity contribution in [3.63, 3.8) is 0 Å². The van der Waals surface area contributed by atoms with E-state index in [1.807, 2.05) is 41.3 Å². The SMILES string of the molecule is N#Cc1ccc(C=CC(=O)N2CCCC2c2nc3ccccc3[nH]2)cc1. The standard InChI is InChI=1S/C21H18N4O/c22-14-16-9-7-15(8-10-16)11-12-20(26)25-13-3-6-19(25)21-23-17-4-1-2-5-18(17)24-21/h1-2,4-5,7-12,19H,3,6,13H2,(H,23,24). The van der Waals surface area contributed by atoms with Crippen molar-refractivity contribution in [1.82, 2.24) is 14.9 Å². The number of H-pyrrole nitrogens is 1. The molecular formula is C21H18N4O. The van der Waals surface area contributed by atoms with E-state index in [0.717, 1.165) is 41.8 Å². The van der Waals surface area contributed by atoms with Gasteiger partial charge in [-0.3, -0.25) is 4.79 Å². The minimum atomic E-state index is -0.0164. The van der Waals surface area contributed by atoms with Crippen molar-refractivity contribution in [3.05, 3.63) is 71.6 Å². The van der Waals surface area contributed by atoms with Gasteiger partial charge >= 0.3 is 0 Å². The topological polar surface area (TPSA) is 72.8 Å². The van der Waals surface area contributed by atoms with E-state index in [1.165, 1.54) is 0 Å². The highest BCUT2D eigenvalue weighted by molar-refractivity contribution is 5.92. The summed E-state index contributed by atoms with van der Waals surface area (Å²) in [5.74, 6) is 0.834. The molecule has 1 aliphatic rings. The normalized spacial score (nSPS) is 17.0. The maximum atomic E-state index is 12.7. The highest BCUT2D eigenvalue weighted by Gasteiger charge is 2.30. The molecule has 1 fully saturated rings. The van der Waals surface area contributed by atoms with E-state index in [0.29, 0.717) is 5.56 Å². The average molecular weight is 342 g/mol. The number of benzene rings is 2. The van der Waals surface area contributed by atoms with Gasteiger partial charge in [-0.25, -0.2) is 4.98 Å². The van der Waals surface area contributed by atoms with Gasteiger partial charge in [-0.2, -0.15) is 5.26 Å². The molecule has 128 valence electrons. The van der Waals surface area contributed by atoms with Crippen LogP contribution in [0.4, 0.5) is 0 Å². The van der Waals surface area contributed by atoms with Crippen LogP contribution in [0.25, 0.3) is 17.1 Å². The lowest BCUT2D eigenvalue weighted by Crippen LogP contribution is -2.29. The largest absolute Gasteiger partial charge is 0.340 e. The number of hydrogen-bond donors (Lipinski definition) is 1. The lowest BCUT2D eigenvalue weighted by Gasteiger charge is -2.21. The van der Waals surface area contributed by atoms with Crippen LogP contribution < -0.4 is 0 Å². The fourth-order valence-corrected chi connectivity index (χ4v) is 3.38. The Morgan fingerprint density at radius 2 is 2.04 bits per heavy atom. The van der Waals surface area contributed by atoms with E-state index < -0.39 is 0 Å². The van der Waals surface area contributed by atoms with Crippen molar-refractivity contribution in [2.45, 2.75) is 18.9 Å². The summed E-state index contributed by atoms with van der Waals surface area (Å²) in [6.07, 6.45) is 5.27. The third-order valence-corrected chi connectivity index (χ3v) is 4.72. The van der Waals surface area contributed by atoms with E-state index in [-0.39, 0.29) is 11.9 Å². The zero-order valence-electron chi connectivity index (χ0n) is 14.2. The van der Waals surface area contributed by atoms with Crippen LogP contribution in [0.5, 0.6) is 0 Å². The lowest BCUT2D eigenvalue weighted by molar-refractivity contribution is -0.126. The predicted molar refractivity (Wildman–Crippen MR) is 100.0 cm³/mol. The first-order chi connectivity index (χ1) is 12.7. The van der Waals surface area contributed by atoms with Gasteiger partial charge < -0.3 is 9.88 Å². The molecule has 26 heavy (non-hydrogen) atoms. The number of likely N-dealkylation sites (tertiary alicyclic amines) is 1. The molecule has 4 rings (SSSR count). The van der Waals surface area contributed by atoms with Crippen molar-refractivity contribution in [2.24, 2.45) is 0 Å². The van der Waals surface area contributed by atoms with Gasteiger partial charge in [0, 0.05) is 12.6 Å². The number of nitriles is 1. The monoisotopic (exact) mass is 342 g/mol. The molecule has 0 aliphatic carbocycles. The Morgan fingerprint density at radius 1 is 1.23 bits per heavy atom. The Hall–Kier alpha value is -3.39. The molecule has 0 spiro atoms. The first-order valence-electron chi connectivity index (χ1n) is 8.68.